The maximum atomic E-state index is 12.6. The van der Waals surface area contributed by atoms with Crippen molar-refractivity contribution < 1.29 is 19.3 Å². The molecule has 2 rings (SSSR count). The van der Waals surface area contributed by atoms with Gasteiger partial charge in [-0.05, 0) is 26.0 Å². The number of carbonyl (C=O) groups excluding carboxylic acids is 3. The van der Waals surface area contributed by atoms with E-state index >= 15 is 0 Å². The van der Waals surface area contributed by atoms with E-state index in [1.807, 2.05) is 39.1 Å². The summed E-state index contributed by atoms with van der Waals surface area (Å²) >= 11 is 0. The van der Waals surface area contributed by atoms with Crippen LogP contribution in [0.3, 0.4) is 0 Å². The van der Waals surface area contributed by atoms with Crippen molar-refractivity contribution in [1.29, 1.82) is 0 Å². The molecule has 3 amide bonds. The molecule has 2 N–H and O–H groups in total. The van der Waals surface area contributed by atoms with Gasteiger partial charge in [-0.2, -0.15) is 0 Å². The van der Waals surface area contributed by atoms with Crippen molar-refractivity contribution in [2.24, 2.45) is 0 Å². The monoisotopic (exact) mass is 333 g/mol. The molecular formula is C17H25N4O3+. The van der Waals surface area contributed by atoms with Gasteiger partial charge in [-0.25, -0.2) is 0 Å². The lowest BCUT2D eigenvalue weighted by atomic mass is 10.2. The van der Waals surface area contributed by atoms with Crippen LogP contribution in [0.2, 0.25) is 0 Å². The van der Waals surface area contributed by atoms with Gasteiger partial charge >= 0.3 is 0 Å². The summed E-state index contributed by atoms with van der Waals surface area (Å²) in [5.74, 6) is -0.344. The summed E-state index contributed by atoms with van der Waals surface area (Å²) in [5.41, 5.74) is 1.34. The summed E-state index contributed by atoms with van der Waals surface area (Å²) in [6.45, 7) is 5.62. The number of quaternary nitrogens is 1. The van der Waals surface area contributed by atoms with Crippen LogP contribution in [0.25, 0.3) is 0 Å². The van der Waals surface area contributed by atoms with Gasteiger partial charge < -0.3 is 15.1 Å². The fraction of sp³-hybridized carbons (Fsp3) is 0.471. The number of benzene rings is 1. The standard InChI is InChI=1S/C17H24N4O3/c1-4-20(5-2)16(23)11-19(3)12-17(24)21-10-15(22)18-13-8-6-7-9-14(13)21/h6-9H,4-5,10-12H2,1-3H3,(H,18,22)/p+1. The van der Waals surface area contributed by atoms with Crippen LogP contribution in [-0.2, 0) is 14.4 Å². The van der Waals surface area contributed by atoms with Gasteiger partial charge in [-0.3, -0.25) is 19.3 Å². The molecule has 1 aliphatic heterocycles. The fourth-order valence-corrected chi connectivity index (χ4v) is 2.82. The number of nitrogens with zero attached hydrogens (tertiary/aromatic N) is 2. The lowest BCUT2D eigenvalue weighted by molar-refractivity contribution is -0.862. The molecule has 0 radical (unpaired) electrons. The molecule has 24 heavy (non-hydrogen) atoms. The Balaban J connectivity index is 2.02. The molecule has 1 aromatic rings. The Hall–Kier alpha value is -2.41. The van der Waals surface area contributed by atoms with Gasteiger partial charge in [0, 0.05) is 13.1 Å². The molecule has 0 saturated heterocycles. The van der Waals surface area contributed by atoms with Crippen molar-refractivity contribution in [2.75, 3.05) is 50.0 Å². The first-order valence-corrected chi connectivity index (χ1v) is 8.24. The van der Waals surface area contributed by atoms with Gasteiger partial charge in [0.25, 0.3) is 11.8 Å². The molecule has 0 saturated carbocycles. The first-order chi connectivity index (χ1) is 11.5. The van der Waals surface area contributed by atoms with Crippen LogP contribution in [0.15, 0.2) is 24.3 Å². The average molecular weight is 333 g/mol. The highest BCUT2D eigenvalue weighted by Gasteiger charge is 2.29. The molecule has 0 aromatic heterocycles. The first kappa shape index (κ1) is 17.9. The minimum atomic E-state index is -0.209. The second-order valence-corrected chi connectivity index (χ2v) is 5.92. The number of fused-ring (bicyclic) bond motifs is 1. The lowest BCUT2D eigenvalue weighted by Crippen LogP contribution is -3.11. The first-order valence-electron chi connectivity index (χ1n) is 8.24. The Morgan fingerprint density at radius 1 is 1.21 bits per heavy atom. The van der Waals surface area contributed by atoms with E-state index in [1.165, 1.54) is 4.90 Å². The van der Waals surface area contributed by atoms with Gasteiger partial charge in [-0.1, -0.05) is 12.1 Å². The molecule has 1 aliphatic rings. The third-order valence-corrected chi connectivity index (χ3v) is 4.09. The average Bonchev–Trinajstić information content (AvgIpc) is 2.54. The Morgan fingerprint density at radius 2 is 1.88 bits per heavy atom. The van der Waals surface area contributed by atoms with E-state index in [2.05, 4.69) is 5.32 Å². The molecule has 0 aliphatic carbocycles. The summed E-state index contributed by atoms with van der Waals surface area (Å²) in [6.07, 6.45) is 0. The second kappa shape index (κ2) is 7.92. The van der Waals surface area contributed by atoms with Crippen molar-refractivity contribution in [3.63, 3.8) is 0 Å². The van der Waals surface area contributed by atoms with E-state index in [1.54, 1.807) is 11.0 Å². The number of nitrogens with one attached hydrogen (secondary N) is 2. The highest BCUT2D eigenvalue weighted by atomic mass is 16.2. The molecule has 130 valence electrons. The molecule has 0 fully saturated rings. The van der Waals surface area contributed by atoms with E-state index in [-0.39, 0.29) is 37.4 Å². The summed E-state index contributed by atoms with van der Waals surface area (Å²) in [6, 6.07) is 7.22. The van der Waals surface area contributed by atoms with Crippen LogP contribution in [0.5, 0.6) is 0 Å². The third kappa shape index (κ3) is 4.11. The van der Waals surface area contributed by atoms with Crippen LogP contribution >= 0.6 is 0 Å². The highest BCUT2D eigenvalue weighted by Crippen LogP contribution is 2.28. The summed E-state index contributed by atoms with van der Waals surface area (Å²) in [5, 5.41) is 2.76. The zero-order valence-electron chi connectivity index (χ0n) is 14.5. The van der Waals surface area contributed by atoms with Crippen LogP contribution in [0.4, 0.5) is 11.4 Å². The topological polar surface area (TPSA) is 74.2 Å². The Kier molecular flexibility index (Phi) is 5.92. The van der Waals surface area contributed by atoms with Gasteiger partial charge in [0.05, 0.1) is 18.4 Å². The number of para-hydroxylation sites is 2. The Morgan fingerprint density at radius 3 is 2.54 bits per heavy atom. The fourth-order valence-electron chi connectivity index (χ4n) is 2.82. The molecule has 1 atom stereocenters. The molecule has 7 heteroatoms. The number of anilines is 2. The maximum absolute atomic E-state index is 12.6. The van der Waals surface area contributed by atoms with Crippen molar-refractivity contribution in [3.05, 3.63) is 24.3 Å². The van der Waals surface area contributed by atoms with E-state index in [4.69, 9.17) is 0 Å². The maximum Gasteiger partial charge on any atom is 0.282 e. The van der Waals surface area contributed by atoms with Crippen molar-refractivity contribution >= 4 is 29.1 Å². The quantitative estimate of drug-likeness (QED) is 0.727. The lowest BCUT2D eigenvalue weighted by Gasteiger charge is -2.29. The Bertz CT molecular complexity index is 628. The predicted molar refractivity (Wildman–Crippen MR) is 92.0 cm³/mol. The molecule has 1 aromatic carbocycles. The highest BCUT2D eigenvalue weighted by molar-refractivity contribution is 6.10. The van der Waals surface area contributed by atoms with Crippen LogP contribution in [0, 0.1) is 0 Å². The Labute approximate surface area is 142 Å². The third-order valence-electron chi connectivity index (χ3n) is 4.09. The van der Waals surface area contributed by atoms with Crippen molar-refractivity contribution in [3.8, 4) is 0 Å². The van der Waals surface area contributed by atoms with E-state index < -0.39 is 0 Å². The van der Waals surface area contributed by atoms with Gasteiger partial charge in [-0.15, -0.1) is 0 Å². The zero-order chi connectivity index (χ0) is 17.7. The van der Waals surface area contributed by atoms with Crippen LogP contribution in [-0.4, -0.2) is 62.4 Å². The number of hydrogen-bond donors (Lipinski definition) is 2. The number of hydrogen-bond acceptors (Lipinski definition) is 3. The summed E-state index contributed by atoms with van der Waals surface area (Å²) < 4.78 is 0. The van der Waals surface area contributed by atoms with Gasteiger partial charge in [0.1, 0.15) is 6.54 Å². The van der Waals surface area contributed by atoms with Crippen molar-refractivity contribution in [2.45, 2.75) is 13.8 Å². The number of carbonyl (C=O) groups is 3. The van der Waals surface area contributed by atoms with E-state index in [0.29, 0.717) is 24.5 Å². The molecule has 0 spiro atoms. The summed E-state index contributed by atoms with van der Waals surface area (Å²) in [7, 11) is 1.81. The number of amides is 3. The minimum Gasteiger partial charge on any atom is -0.338 e. The number of rotatable bonds is 6. The number of likely N-dealkylation sites (N-methyl/N-ethyl adjacent to an activating group) is 2. The molecular weight excluding hydrogens is 308 g/mol. The molecule has 1 heterocycles. The molecule has 7 nitrogen and oxygen atoms in total. The minimum absolute atomic E-state index is 0.00706. The normalized spacial score (nSPS) is 14.6. The molecule has 1 unspecified atom stereocenters. The molecule has 0 bridgehead atoms. The smallest absolute Gasteiger partial charge is 0.282 e. The van der Waals surface area contributed by atoms with Gasteiger partial charge in [0.15, 0.2) is 13.1 Å². The SMILES string of the molecule is CCN(CC)C(=O)C[NH+](C)CC(=O)N1CC(=O)Nc2ccccc21. The second-order valence-electron chi connectivity index (χ2n) is 5.92. The summed E-state index contributed by atoms with van der Waals surface area (Å²) in [4.78, 5) is 40.6. The predicted octanol–water partition coefficient (Wildman–Crippen LogP) is -0.645. The van der Waals surface area contributed by atoms with Crippen LogP contribution in [0.1, 0.15) is 13.8 Å². The van der Waals surface area contributed by atoms with Gasteiger partial charge in [0.2, 0.25) is 5.91 Å². The van der Waals surface area contributed by atoms with E-state index in [9.17, 15) is 14.4 Å². The van der Waals surface area contributed by atoms with E-state index in [0.717, 1.165) is 4.90 Å². The van der Waals surface area contributed by atoms with Crippen molar-refractivity contribution in [1.82, 2.24) is 4.90 Å². The zero-order valence-corrected chi connectivity index (χ0v) is 14.5. The largest absolute Gasteiger partial charge is 0.338 e. The van der Waals surface area contributed by atoms with Crippen LogP contribution < -0.4 is 15.1 Å².